The first-order valence-corrected chi connectivity index (χ1v) is 11.3. The molecule has 29 heavy (non-hydrogen) atoms. The molecule has 0 N–H and O–H groups in total. The molecule has 0 spiro atoms. The van der Waals surface area contributed by atoms with Crippen molar-refractivity contribution in [1.82, 2.24) is 4.57 Å². The largest absolute Gasteiger partial charge is 0.318 e. The SMILES string of the molecule is CCSCc1ccc2c(c1)-c1cn(C)c(=O)cc1CN=C2c1cccc(Cl)c1Cl. The molecule has 1 aliphatic heterocycles. The highest BCUT2D eigenvalue weighted by atomic mass is 35.5. The van der Waals surface area contributed by atoms with Crippen molar-refractivity contribution in [1.29, 1.82) is 0 Å². The summed E-state index contributed by atoms with van der Waals surface area (Å²) in [4.78, 5) is 17.1. The van der Waals surface area contributed by atoms with Crippen molar-refractivity contribution in [2.24, 2.45) is 12.0 Å². The van der Waals surface area contributed by atoms with Gasteiger partial charge in [0.15, 0.2) is 0 Å². The van der Waals surface area contributed by atoms with E-state index in [1.165, 1.54) is 5.56 Å². The van der Waals surface area contributed by atoms with Crippen molar-refractivity contribution in [3.05, 3.63) is 91.3 Å². The van der Waals surface area contributed by atoms with Crippen molar-refractivity contribution in [3.8, 4) is 11.1 Å². The van der Waals surface area contributed by atoms with Gasteiger partial charge in [0, 0.05) is 41.8 Å². The van der Waals surface area contributed by atoms with Crippen LogP contribution in [0.25, 0.3) is 11.1 Å². The van der Waals surface area contributed by atoms with E-state index in [1.807, 2.05) is 30.1 Å². The van der Waals surface area contributed by atoms with Gasteiger partial charge in [-0.1, -0.05) is 54.4 Å². The lowest BCUT2D eigenvalue weighted by Gasteiger charge is -2.15. The predicted octanol–water partition coefficient (Wildman–Crippen LogP) is 5.96. The van der Waals surface area contributed by atoms with E-state index in [1.54, 1.807) is 23.7 Å². The quantitative estimate of drug-likeness (QED) is 0.499. The number of aromatic nitrogens is 1. The van der Waals surface area contributed by atoms with Gasteiger partial charge in [0.25, 0.3) is 5.56 Å². The number of halogens is 2. The molecule has 0 radical (unpaired) electrons. The van der Waals surface area contributed by atoms with Crippen LogP contribution in [0.3, 0.4) is 0 Å². The molecule has 3 nitrogen and oxygen atoms in total. The molecule has 2 heterocycles. The highest BCUT2D eigenvalue weighted by Crippen LogP contribution is 2.36. The molecule has 0 atom stereocenters. The van der Waals surface area contributed by atoms with Crippen molar-refractivity contribution in [3.63, 3.8) is 0 Å². The van der Waals surface area contributed by atoms with Crippen molar-refractivity contribution < 1.29 is 0 Å². The first kappa shape index (κ1) is 20.3. The van der Waals surface area contributed by atoms with Crippen molar-refractivity contribution >= 4 is 40.7 Å². The van der Waals surface area contributed by atoms with Gasteiger partial charge in [-0.05, 0) is 34.6 Å². The lowest BCUT2D eigenvalue weighted by Crippen LogP contribution is -2.16. The van der Waals surface area contributed by atoms with E-state index in [9.17, 15) is 4.79 Å². The molecular weight excluding hydrogens is 423 g/mol. The fourth-order valence-electron chi connectivity index (χ4n) is 3.54. The molecule has 0 amide bonds. The van der Waals surface area contributed by atoms with Gasteiger partial charge in [-0.3, -0.25) is 9.79 Å². The molecule has 0 bridgehead atoms. The third-order valence-corrected chi connectivity index (χ3v) is 6.79. The third-order valence-electron chi connectivity index (χ3n) is 5.03. The molecule has 0 fully saturated rings. The Bertz CT molecular complexity index is 1180. The van der Waals surface area contributed by atoms with Gasteiger partial charge >= 0.3 is 0 Å². The van der Waals surface area contributed by atoms with Gasteiger partial charge < -0.3 is 4.57 Å². The van der Waals surface area contributed by atoms with E-state index in [2.05, 4.69) is 25.1 Å². The maximum absolute atomic E-state index is 12.2. The van der Waals surface area contributed by atoms with E-state index in [0.717, 1.165) is 45.0 Å². The molecule has 6 heteroatoms. The topological polar surface area (TPSA) is 34.4 Å². The number of benzene rings is 2. The summed E-state index contributed by atoms with van der Waals surface area (Å²) in [6.45, 7) is 2.57. The average Bonchev–Trinajstić information content (AvgIpc) is 2.86. The molecule has 0 unspecified atom stereocenters. The molecule has 0 saturated heterocycles. The maximum atomic E-state index is 12.2. The Morgan fingerprint density at radius 1 is 1.07 bits per heavy atom. The minimum Gasteiger partial charge on any atom is -0.318 e. The van der Waals surface area contributed by atoms with Crippen molar-refractivity contribution in [2.45, 2.75) is 19.2 Å². The van der Waals surface area contributed by atoms with Crippen LogP contribution in [0.5, 0.6) is 0 Å². The fourth-order valence-corrected chi connectivity index (χ4v) is 4.55. The molecule has 0 saturated carbocycles. The first-order valence-electron chi connectivity index (χ1n) is 9.39. The number of rotatable bonds is 4. The summed E-state index contributed by atoms with van der Waals surface area (Å²) in [5, 5.41) is 0.991. The Balaban J connectivity index is 1.97. The van der Waals surface area contributed by atoms with Gasteiger partial charge in [0.1, 0.15) is 0 Å². The number of pyridine rings is 1. The van der Waals surface area contributed by atoms with Crippen LogP contribution < -0.4 is 5.56 Å². The molecule has 2 aromatic carbocycles. The molecule has 3 aromatic rings. The van der Waals surface area contributed by atoms with Crippen LogP contribution in [0.2, 0.25) is 10.0 Å². The molecule has 148 valence electrons. The van der Waals surface area contributed by atoms with Crippen LogP contribution in [-0.2, 0) is 19.3 Å². The summed E-state index contributed by atoms with van der Waals surface area (Å²) >= 11 is 14.7. The van der Waals surface area contributed by atoms with Crippen LogP contribution in [0.1, 0.15) is 29.2 Å². The number of thioether (sulfide) groups is 1. The van der Waals surface area contributed by atoms with E-state index in [0.29, 0.717) is 16.6 Å². The third kappa shape index (κ3) is 3.89. The normalized spacial score (nSPS) is 12.8. The lowest BCUT2D eigenvalue weighted by atomic mass is 9.92. The number of nitrogens with zero attached hydrogens (tertiary/aromatic N) is 2. The molecule has 1 aromatic heterocycles. The highest BCUT2D eigenvalue weighted by molar-refractivity contribution is 7.98. The second-order valence-corrected chi connectivity index (χ2v) is 9.00. The monoisotopic (exact) mass is 442 g/mol. The number of hydrogen-bond donors (Lipinski definition) is 0. The molecule has 4 rings (SSSR count). The van der Waals surface area contributed by atoms with Gasteiger partial charge in [-0.25, -0.2) is 0 Å². The fraction of sp³-hybridized carbons (Fsp3) is 0.217. The second-order valence-electron chi connectivity index (χ2n) is 6.94. The Morgan fingerprint density at radius 3 is 2.69 bits per heavy atom. The van der Waals surface area contributed by atoms with Crippen LogP contribution in [0.4, 0.5) is 0 Å². The Kier molecular flexibility index (Phi) is 5.86. The van der Waals surface area contributed by atoms with Crippen LogP contribution in [0, 0.1) is 0 Å². The number of aryl methyl sites for hydroxylation is 1. The maximum Gasteiger partial charge on any atom is 0.250 e. The predicted molar refractivity (Wildman–Crippen MR) is 125 cm³/mol. The minimum atomic E-state index is -0.0394. The number of fused-ring (bicyclic) bond motifs is 3. The van der Waals surface area contributed by atoms with E-state index >= 15 is 0 Å². The van der Waals surface area contributed by atoms with Crippen LogP contribution in [0.15, 0.2) is 58.4 Å². The molecule has 1 aliphatic rings. The minimum absolute atomic E-state index is 0.0394. The second kappa shape index (κ2) is 8.39. The average molecular weight is 443 g/mol. The lowest BCUT2D eigenvalue weighted by molar-refractivity contribution is 0.852. The summed E-state index contributed by atoms with van der Waals surface area (Å²) in [5.74, 6) is 2.00. The Labute approximate surface area is 184 Å². The van der Waals surface area contributed by atoms with Crippen LogP contribution >= 0.6 is 35.0 Å². The first-order chi connectivity index (χ1) is 14.0. The zero-order chi connectivity index (χ0) is 20.5. The Morgan fingerprint density at radius 2 is 1.90 bits per heavy atom. The van der Waals surface area contributed by atoms with Crippen LogP contribution in [-0.4, -0.2) is 16.0 Å². The smallest absolute Gasteiger partial charge is 0.250 e. The van der Waals surface area contributed by atoms with E-state index < -0.39 is 0 Å². The Hall–Kier alpha value is -2.01. The van der Waals surface area contributed by atoms with E-state index in [-0.39, 0.29) is 5.56 Å². The molecule has 0 aliphatic carbocycles. The summed E-state index contributed by atoms with van der Waals surface area (Å²) in [6, 6.07) is 13.7. The summed E-state index contributed by atoms with van der Waals surface area (Å²) in [5.41, 5.74) is 6.82. The summed E-state index contributed by atoms with van der Waals surface area (Å²) in [7, 11) is 1.78. The number of hydrogen-bond acceptors (Lipinski definition) is 3. The van der Waals surface area contributed by atoms with Gasteiger partial charge in [0.05, 0.1) is 22.3 Å². The summed E-state index contributed by atoms with van der Waals surface area (Å²) < 4.78 is 1.62. The highest BCUT2D eigenvalue weighted by Gasteiger charge is 2.22. The van der Waals surface area contributed by atoms with Crippen molar-refractivity contribution in [2.75, 3.05) is 5.75 Å². The van der Waals surface area contributed by atoms with Gasteiger partial charge in [-0.15, -0.1) is 0 Å². The zero-order valence-corrected chi connectivity index (χ0v) is 18.5. The van der Waals surface area contributed by atoms with Gasteiger partial charge in [-0.2, -0.15) is 11.8 Å². The molecular formula is C23H20Cl2N2OS. The summed E-state index contributed by atoms with van der Waals surface area (Å²) in [6.07, 6.45) is 1.91. The van der Waals surface area contributed by atoms with E-state index in [4.69, 9.17) is 28.2 Å². The zero-order valence-electron chi connectivity index (χ0n) is 16.2. The van der Waals surface area contributed by atoms with Gasteiger partial charge in [0.2, 0.25) is 0 Å². The number of aliphatic imine (C=N–C) groups is 1. The standard InChI is InChI=1S/C23H20Cl2N2OS/c1-3-29-13-14-7-8-16-18(9-14)19-12-27(2)21(28)10-15(19)11-26-23(16)17-5-4-6-20(24)22(17)25/h4-10,12H,3,11,13H2,1-2H3.